The third kappa shape index (κ3) is 8.17. The van der Waals surface area contributed by atoms with Crippen LogP contribution in [-0.2, 0) is 19.5 Å². The van der Waals surface area contributed by atoms with Gasteiger partial charge in [-0.1, -0.05) is 42.5 Å². The zero-order valence-corrected chi connectivity index (χ0v) is 19.8. The highest BCUT2D eigenvalue weighted by Gasteiger charge is 2.12. The van der Waals surface area contributed by atoms with Gasteiger partial charge in [-0.25, -0.2) is 0 Å². The van der Waals surface area contributed by atoms with Crippen molar-refractivity contribution in [3.63, 3.8) is 0 Å². The summed E-state index contributed by atoms with van der Waals surface area (Å²) in [5.41, 5.74) is 4.65. The number of ether oxygens (including phenoxy) is 2. The monoisotopic (exact) mass is 449 g/mol. The molecule has 2 aromatic carbocycles. The van der Waals surface area contributed by atoms with E-state index in [0.29, 0.717) is 24.6 Å². The molecule has 0 fully saturated rings. The number of benzene rings is 2. The Balaban J connectivity index is 1.46. The third-order valence-electron chi connectivity index (χ3n) is 5.46. The minimum absolute atomic E-state index is 0.200. The molecule has 176 valence electrons. The molecule has 1 atom stereocenters. The van der Waals surface area contributed by atoms with E-state index in [1.165, 1.54) is 11.1 Å². The molecule has 1 aromatic heterocycles. The highest BCUT2D eigenvalue weighted by Crippen LogP contribution is 2.28. The van der Waals surface area contributed by atoms with Gasteiger partial charge < -0.3 is 19.9 Å². The molecule has 0 aliphatic rings. The van der Waals surface area contributed by atoms with Gasteiger partial charge in [0.2, 0.25) is 0 Å². The summed E-state index contributed by atoms with van der Waals surface area (Å²) < 4.78 is 11.4. The molecule has 3 rings (SSSR count). The Hall–Kier alpha value is -2.93. The first-order valence-corrected chi connectivity index (χ1v) is 11.4. The van der Waals surface area contributed by atoms with Crippen molar-refractivity contribution < 1.29 is 14.6 Å². The number of aliphatic hydroxyl groups excluding tert-OH is 1. The van der Waals surface area contributed by atoms with Crippen LogP contribution in [0, 0.1) is 6.92 Å². The standard InChI is InChI=1S/C27H35N3O3/c1-21-8-7-14-29-25(21)13-15-28-17-23-11-12-26(32-3)27(16-23)33-20-24(31)19-30(2)18-22-9-5-4-6-10-22/h4-12,14,16,24,28,31H,13,15,17-20H2,1-3H3/t24-/m0/s1. The van der Waals surface area contributed by atoms with Crippen LogP contribution in [0.3, 0.4) is 0 Å². The van der Waals surface area contributed by atoms with Gasteiger partial charge in [0, 0.05) is 44.5 Å². The van der Waals surface area contributed by atoms with Crippen molar-refractivity contribution in [1.82, 2.24) is 15.2 Å². The van der Waals surface area contributed by atoms with Gasteiger partial charge in [-0.15, -0.1) is 0 Å². The van der Waals surface area contributed by atoms with Gasteiger partial charge in [-0.3, -0.25) is 9.88 Å². The van der Waals surface area contributed by atoms with Crippen LogP contribution in [0.4, 0.5) is 0 Å². The minimum atomic E-state index is -0.605. The van der Waals surface area contributed by atoms with Gasteiger partial charge >= 0.3 is 0 Å². The van der Waals surface area contributed by atoms with Gasteiger partial charge in [0.05, 0.1) is 7.11 Å². The molecular formula is C27H35N3O3. The Morgan fingerprint density at radius 2 is 1.85 bits per heavy atom. The summed E-state index contributed by atoms with van der Waals surface area (Å²) in [7, 11) is 3.62. The molecule has 2 N–H and O–H groups in total. The summed E-state index contributed by atoms with van der Waals surface area (Å²) in [5, 5.41) is 13.9. The van der Waals surface area contributed by atoms with Crippen LogP contribution in [0.1, 0.15) is 22.4 Å². The number of rotatable bonds is 13. The van der Waals surface area contributed by atoms with E-state index in [9.17, 15) is 5.11 Å². The van der Waals surface area contributed by atoms with Crippen molar-refractivity contribution in [2.45, 2.75) is 32.5 Å². The van der Waals surface area contributed by atoms with E-state index in [-0.39, 0.29) is 6.61 Å². The number of aryl methyl sites for hydroxylation is 1. The van der Waals surface area contributed by atoms with Crippen LogP contribution >= 0.6 is 0 Å². The Morgan fingerprint density at radius 3 is 2.61 bits per heavy atom. The predicted octanol–water partition coefficient (Wildman–Crippen LogP) is 3.60. The smallest absolute Gasteiger partial charge is 0.161 e. The molecular weight excluding hydrogens is 414 g/mol. The van der Waals surface area contributed by atoms with E-state index in [2.05, 4.69) is 40.3 Å². The number of methoxy groups -OCH3 is 1. The van der Waals surface area contributed by atoms with E-state index >= 15 is 0 Å². The van der Waals surface area contributed by atoms with Crippen LogP contribution in [-0.4, -0.2) is 54.9 Å². The number of pyridine rings is 1. The van der Waals surface area contributed by atoms with E-state index < -0.39 is 6.10 Å². The van der Waals surface area contributed by atoms with E-state index in [0.717, 1.165) is 30.8 Å². The van der Waals surface area contributed by atoms with Crippen LogP contribution < -0.4 is 14.8 Å². The molecule has 0 radical (unpaired) electrons. The number of nitrogens with zero attached hydrogens (tertiary/aromatic N) is 2. The Kier molecular flexibility index (Phi) is 9.69. The summed E-state index contributed by atoms with van der Waals surface area (Å²) in [6.07, 6.45) is 2.12. The van der Waals surface area contributed by atoms with Crippen LogP contribution in [0.15, 0.2) is 66.9 Å². The summed E-state index contributed by atoms with van der Waals surface area (Å²) in [4.78, 5) is 6.53. The second-order valence-corrected chi connectivity index (χ2v) is 8.33. The summed E-state index contributed by atoms with van der Waals surface area (Å²) >= 11 is 0. The zero-order chi connectivity index (χ0) is 23.5. The van der Waals surface area contributed by atoms with Gasteiger partial charge in [0.25, 0.3) is 0 Å². The Morgan fingerprint density at radius 1 is 1.03 bits per heavy atom. The van der Waals surface area contributed by atoms with Crippen LogP contribution in [0.25, 0.3) is 0 Å². The number of hydrogen-bond acceptors (Lipinski definition) is 6. The van der Waals surface area contributed by atoms with Crippen LogP contribution in [0.2, 0.25) is 0 Å². The maximum atomic E-state index is 10.5. The molecule has 0 aliphatic carbocycles. The first-order chi connectivity index (χ1) is 16.0. The topological polar surface area (TPSA) is 66.8 Å². The van der Waals surface area contributed by atoms with Crippen molar-refractivity contribution in [3.05, 3.63) is 89.2 Å². The second-order valence-electron chi connectivity index (χ2n) is 8.33. The highest BCUT2D eigenvalue weighted by molar-refractivity contribution is 5.43. The molecule has 0 saturated heterocycles. The fourth-order valence-electron chi connectivity index (χ4n) is 3.72. The summed E-state index contributed by atoms with van der Waals surface area (Å²) in [6, 6.07) is 20.2. The molecule has 0 spiro atoms. The molecule has 0 saturated carbocycles. The molecule has 0 bridgehead atoms. The number of nitrogens with one attached hydrogen (secondary N) is 1. The van der Waals surface area contributed by atoms with E-state index in [1.54, 1.807) is 7.11 Å². The van der Waals surface area contributed by atoms with Crippen molar-refractivity contribution in [1.29, 1.82) is 0 Å². The fourth-order valence-corrected chi connectivity index (χ4v) is 3.72. The third-order valence-corrected chi connectivity index (χ3v) is 5.46. The maximum Gasteiger partial charge on any atom is 0.161 e. The molecule has 0 amide bonds. The maximum absolute atomic E-state index is 10.5. The van der Waals surface area contributed by atoms with Crippen molar-refractivity contribution in [2.75, 3.05) is 33.9 Å². The highest BCUT2D eigenvalue weighted by atomic mass is 16.5. The number of aliphatic hydroxyl groups is 1. The first-order valence-electron chi connectivity index (χ1n) is 11.4. The largest absolute Gasteiger partial charge is 0.493 e. The number of hydrogen-bond donors (Lipinski definition) is 2. The lowest BCUT2D eigenvalue weighted by Gasteiger charge is -2.21. The summed E-state index contributed by atoms with van der Waals surface area (Å²) in [6.45, 7) is 5.14. The molecule has 33 heavy (non-hydrogen) atoms. The van der Waals surface area contributed by atoms with Gasteiger partial charge in [0.1, 0.15) is 12.7 Å². The normalized spacial score (nSPS) is 12.0. The van der Waals surface area contributed by atoms with Gasteiger partial charge in [-0.2, -0.15) is 0 Å². The Bertz CT molecular complexity index is 981. The molecule has 0 unspecified atom stereocenters. The molecule has 6 heteroatoms. The predicted molar refractivity (Wildman–Crippen MR) is 132 cm³/mol. The molecule has 3 aromatic rings. The van der Waals surface area contributed by atoms with E-state index in [1.807, 2.05) is 55.7 Å². The van der Waals surface area contributed by atoms with Gasteiger partial charge in [0.15, 0.2) is 11.5 Å². The van der Waals surface area contributed by atoms with Crippen molar-refractivity contribution in [3.8, 4) is 11.5 Å². The number of aromatic nitrogens is 1. The summed E-state index contributed by atoms with van der Waals surface area (Å²) in [5.74, 6) is 1.30. The lowest BCUT2D eigenvalue weighted by molar-refractivity contribution is 0.0732. The molecule has 0 aliphatic heterocycles. The first kappa shape index (κ1) is 24.7. The van der Waals surface area contributed by atoms with Crippen LogP contribution in [0.5, 0.6) is 11.5 Å². The van der Waals surface area contributed by atoms with Gasteiger partial charge in [-0.05, 0) is 48.9 Å². The Labute approximate surface area is 197 Å². The average Bonchev–Trinajstić information content (AvgIpc) is 2.82. The fraction of sp³-hybridized carbons (Fsp3) is 0.370. The quantitative estimate of drug-likeness (QED) is 0.389. The van der Waals surface area contributed by atoms with E-state index in [4.69, 9.17) is 9.47 Å². The second kappa shape index (κ2) is 12.9. The van der Waals surface area contributed by atoms with Crippen molar-refractivity contribution in [2.24, 2.45) is 0 Å². The minimum Gasteiger partial charge on any atom is -0.493 e. The lowest BCUT2D eigenvalue weighted by Crippen LogP contribution is -2.32. The molecule has 1 heterocycles. The number of likely N-dealkylation sites (N-methyl/N-ethyl adjacent to an activating group) is 1. The SMILES string of the molecule is COc1ccc(CNCCc2ncccc2C)cc1OC[C@@H](O)CN(C)Cc1ccccc1. The lowest BCUT2D eigenvalue weighted by atomic mass is 10.1. The van der Waals surface area contributed by atoms with Crippen molar-refractivity contribution >= 4 is 0 Å². The zero-order valence-electron chi connectivity index (χ0n) is 19.8. The average molecular weight is 450 g/mol. The molecule has 6 nitrogen and oxygen atoms in total.